The summed E-state index contributed by atoms with van der Waals surface area (Å²) in [5.41, 5.74) is -1.91. The third kappa shape index (κ3) is 10.1. The van der Waals surface area contributed by atoms with Gasteiger partial charge in [0.05, 0.1) is 44.6 Å². The van der Waals surface area contributed by atoms with Crippen LogP contribution in [0, 0.1) is 50.2 Å². The lowest BCUT2D eigenvalue weighted by atomic mass is 9.33. The van der Waals surface area contributed by atoms with Gasteiger partial charge in [-0.1, -0.05) is 53.2 Å². The molecule has 24 heteroatoms. The van der Waals surface area contributed by atoms with Crippen molar-refractivity contribution in [3.05, 3.63) is 11.6 Å². The van der Waals surface area contributed by atoms with Crippen molar-refractivity contribution < 1.29 is 119 Å². The molecule has 452 valence electrons. The van der Waals surface area contributed by atoms with Crippen molar-refractivity contribution in [2.75, 3.05) is 26.9 Å². The van der Waals surface area contributed by atoms with Crippen LogP contribution >= 0.6 is 0 Å². The van der Waals surface area contributed by atoms with E-state index in [9.17, 15) is 71.2 Å². The predicted molar refractivity (Wildman–Crippen MR) is 268 cm³/mol. The molecule has 8 fully saturated rings. The molecule has 5 aliphatic carbocycles. The molecular weight excluding hydrogens is 1040 g/mol. The highest BCUT2D eigenvalue weighted by Gasteiger charge is 2.71. The van der Waals surface area contributed by atoms with Gasteiger partial charge in [0.15, 0.2) is 25.0 Å². The highest BCUT2D eigenvalue weighted by molar-refractivity contribution is 5.79. The van der Waals surface area contributed by atoms with Crippen molar-refractivity contribution in [3.8, 4) is 0 Å². The first kappa shape index (κ1) is 61.4. The van der Waals surface area contributed by atoms with Gasteiger partial charge in [0.25, 0.3) is 0 Å². The summed E-state index contributed by atoms with van der Waals surface area (Å²) in [6.07, 6.45) is -25.1. The maximum atomic E-state index is 15.2. The van der Waals surface area contributed by atoms with Crippen LogP contribution in [0.5, 0.6) is 0 Å². The molecule has 4 aliphatic heterocycles. The van der Waals surface area contributed by atoms with Gasteiger partial charge in [0.1, 0.15) is 85.5 Å². The average molecular weight is 1130 g/mol. The van der Waals surface area contributed by atoms with Crippen molar-refractivity contribution in [1.82, 2.24) is 0 Å². The van der Waals surface area contributed by atoms with E-state index in [2.05, 4.69) is 40.7 Å². The van der Waals surface area contributed by atoms with Gasteiger partial charge in [-0.25, -0.2) is 4.79 Å². The van der Waals surface area contributed by atoms with E-state index in [0.29, 0.717) is 57.8 Å². The Hall–Kier alpha value is -2.12. The van der Waals surface area contributed by atoms with Crippen LogP contribution < -0.4 is 0 Å². The van der Waals surface area contributed by atoms with Gasteiger partial charge in [-0.15, -0.1) is 0 Å². The molecule has 4 heterocycles. The molecule has 0 amide bonds. The van der Waals surface area contributed by atoms with Gasteiger partial charge in [-0.3, -0.25) is 4.79 Å². The van der Waals surface area contributed by atoms with Crippen molar-refractivity contribution >= 4 is 11.9 Å². The molecule has 0 aromatic carbocycles. The van der Waals surface area contributed by atoms with Crippen LogP contribution in [-0.4, -0.2) is 234 Å². The minimum atomic E-state index is -1.89. The first-order valence-electron chi connectivity index (χ1n) is 28.2. The van der Waals surface area contributed by atoms with E-state index in [0.717, 1.165) is 13.5 Å². The van der Waals surface area contributed by atoms with Crippen molar-refractivity contribution in [2.45, 2.75) is 242 Å². The van der Waals surface area contributed by atoms with E-state index in [1.807, 2.05) is 6.92 Å². The average Bonchev–Trinajstić information content (AvgIpc) is 2.67. The summed E-state index contributed by atoms with van der Waals surface area (Å²) in [4.78, 5) is 27.7. The number of rotatable bonds is 12. The topological polar surface area (TPSA) is 380 Å². The van der Waals surface area contributed by atoms with Gasteiger partial charge in [-0.2, -0.15) is 0 Å². The zero-order valence-corrected chi connectivity index (χ0v) is 46.4. The van der Waals surface area contributed by atoms with Crippen LogP contribution in [0.2, 0.25) is 0 Å². The summed E-state index contributed by atoms with van der Waals surface area (Å²) >= 11 is 0. The van der Waals surface area contributed by atoms with E-state index in [1.165, 1.54) is 12.5 Å². The SMILES string of the molecule is COC(=O)[C@H]1O[C@@H](O[C@H]2CC[C@@]3(C)[C@@H](CC[C@]4(C)[C@@H]3CC=C3[C@@H]5CC(C)(C)CC[C@]5(C(=O)O[C@@H]5O[C@H](CO[C@@H]6O[C@H](CO)[C@@H](O[C@@H]7O[C@@H](C)[C@H](O)[C@@H](O)[C@H]7O)[C@H](O)[C@H]6O)[C@@H](O)[C@H](O)[C@H]5O)CC[C@]34C)[C@]2(C)CO)[C@H](O)[C@@H](O)[C@@H]1O. The van der Waals surface area contributed by atoms with Gasteiger partial charge in [0, 0.05) is 5.41 Å². The monoisotopic (exact) mass is 1130 g/mol. The van der Waals surface area contributed by atoms with Crippen molar-refractivity contribution in [1.29, 1.82) is 0 Å². The molecule has 4 saturated heterocycles. The van der Waals surface area contributed by atoms with Gasteiger partial charge in [-0.05, 0) is 111 Å². The van der Waals surface area contributed by atoms with Crippen molar-refractivity contribution in [3.63, 3.8) is 0 Å². The minimum absolute atomic E-state index is 0.0733. The summed E-state index contributed by atoms with van der Waals surface area (Å²) in [5, 5.41) is 141. The Morgan fingerprint density at radius 3 is 1.89 bits per heavy atom. The summed E-state index contributed by atoms with van der Waals surface area (Å²) < 4.78 is 51.8. The van der Waals surface area contributed by atoms with Crippen LogP contribution in [0.15, 0.2) is 11.6 Å². The van der Waals surface area contributed by atoms with Crippen molar-refractivity contribution in [2.24, 2.45) is 50.2 Å². The number of carbonyl (C=O) groups excluding carboxylic acids is 2. The van der Waals surface area contributed by atoms with Crippen LogP contribution in [0.3, 0.4) is 0 Å². The van der Waals surface area contributed by atoms with E-state index >= 15 is 4.79 Å². The Morgan fingerprint density at radius 1 is 0.620 bits per heavy atom. The van der Waals surface area contributed by atoms with E-state index in [-0.39, 0.29) is 40.6 Å². The molecule has 79 heavy (non-hydrogen) atoms. The molecule has 4 saturated carbocycles. The number of allylic oxidation sites excluding steroid dienone is 2. The minimum Gasteiger partial charge on any atom is -0.467 e. The Labute approximate surface area is 459 Å². The number of aliphatic hydroxyl groups excluding tert-OH is 13. The predicted octanol–water partition coefficient (Wildman–Crippen LogP) is -1.85. The third-order valence-electron chi connectivity index (χ3n) is 21.7. The molecule has 29 atom stereocenters. The number of esters is 2. The summed E-state index contributed by atoms with van der Waals surface area (Å²) in [6, 6.07) is 0. The highest BCUT2D eigenvalue weighted by Crippen LogP contribution is 2.76. The lowest BCUT2D eigenvalue weighted by Crippen LogP contribution is -2.67. The van der Waals surface area contributed by atoms with E-state index in [1.54, 1.807) is 0 Å². The number of hydrogen-bond acceptors (Lipinski definition) is 24. The van der Waals surface area contributed by atoms with E-state index < -0.39 is 170 Å². The molecule has 24 nitrogen and oxygen atoms in total. The molecule has 0 spiro atoms. The Morgan fingerprint density at radius 2 is 1.23 bits per heavy atom. The summed E-state index contributed by atoms with van der Waals surface area (Å²) in [7, 11) is 1.12. The summed E-state index contributed by atoms with van der Waals surface area (Å²) in [5.74, 6) is -1.79. The van der Waals surface area contributed by atoms with E-state index in [4.69, 9.17) is 42.6 Å². The number of fused-ring (bicyclic) bond motifs is 7. The van der Waals surface area contributed by atoms with Gasteiger partial charge in [0.2, 0.25) is 6.29 Å². The largest absolute Gasteiger partial charge is 0.467 e. The van der Waals surface area contributed by atoms with Gasteiger partial charge >= 0.3 is 11.9 Å². The number of hydrogen-bond donors (Lipinski definition) is 13. The molecule has 0 unspecified atom stereocenters. The van der Waals surface area contributed by atoms with Crippen LogP contribution in [0.1, 0.15) is 113 Å². The molecule has 0 radical (unpaired) electrons. The van der Waals surface area contributed by atoms with Crippen LogP contribution in [0.25, 0.3) is 0 Å². The van der Waals surface area contributed by atoms with Crippen LogP contribution in [0.4, 0.5) is 0 Å². The third-order valence-corrected chi connectivity index (χ3v) is 21.7. The molecule has 0 aromatic heterocycles. The molecule has 0 aromatic rings. The standard InChI is InChI=1S/C55H88O24/c1-23-31(58)33(60)38(65)46(73-23)77-42-26(20-56)74-45(41(68)37(42)64)72-21-27-32(59)34(61)39(66)47(75-27)79-49(70)55-17-15-50(2,3)19-25(55)24-9-10-29-51(4)13-12-30(76-48-40(67)35(62)36(63)43(78-48)44(69)71-8)52(5,22-57)28(51)11-14-54(29,7)53(24,6)16-18-55/h9,23,25-43,45-48,56-68H,10-22H2,1-8H3/t23-,25-,26+,27+,28+,29+,30-,31-,32+,33+,34-,35-,36-,37+,38+,39+,40+,41+,42+,43-,45+,46-,47-,48+,51-,52-,53+,54+,55-/m0/s1. The number of ether oxygens (including phenoxy) is 9. The fourth-order valence-electron chi connectivity index (χ4n) is 16.5. The molecular formula is C55H88O24. The zero-order chi connectivity index (χ0) is 57.9. The number of methoxy groups -OCH3 is 1. The first-order valence-corrected chi connectivity index (χ1v) is 28.2. The molecule has 13 N–H and O–H groups in total. The smallest absolute Gasteiger partial charge is 0.337 e. The second kappa shape index (κ2) is 22.4. The lowest BCUT2D eigenvalue weighted by Gasteiger charge is -2.71. The molecule has 9 rings (SSSR count). The Balaban J connectivity index is 0.900. The normalized spacial score (nSPS) is 53.5. The second-order valence-corrected chi connectivity index (χ2v) is 26.4. The maximum absolute atomic E-state index is 15.2. The number of carbonyl (C=O) groups is 2. The quantitative estimate of drug-likeness (QED) is 0.0579. The Kier molecular flexibility index (Phi) is 17.4. The summed E-state index contributed by atoms with van der Waals surface area (Å²) in [6.45, 7) is 13.0. The fraction of sp³-hybridized carbons (Fsp3) is 0.927. The molecule has 9 aliphatic rings. The zero-order valence-electron chi connectivity index (χ0n) is 46.4. The van der Waals surface area contributed by atoms with Crippen LogP contribution in [-0.2, 0) is 52.2 Å². The lowest BCUT2D eigenvalue weighted by molar-refractivity contribution is -0.361. The molecule has 0 bridgehead atoms. The first-order chi connectivity index (χ1) is 37.0. The van der Waals surface area contributed by atoms with Gasteiger partial charge < -0.3 is 109 Å². The Bertz CT molecular complexity index is 2220. The number of aliphatic hydroxyl groups is 13. The maximum Gasteiger partial charge on any atom is 0.337 e. The fourth-order valence-corrected chi connectivity index (χ4v) is 16.5. The second-order valence-electron chi connectivity index (χ2n) is 26.4. The highest BCUT2D eigenvalue weighted by atomic mass is 16.8.